The van der Waals surface area contributed by atoms with Crippen LogP contribution in [0.5, 0.6) is 11.5 Å². The van der Waals surface area contributed by atoms with Gasteiger partial charge in [-0.25, -0.2) is 4.79 Å². The number of anilines is 1. The van der Waals surface area contributed by atoms with E-state index in [9.17, 15) is 9.59 Å². The first kappa shape index (κ1) is 14.9. The van der Waals surface area contributed by atoms with Crippen LogP contribution >= 0.6 is 11.3 Å². The van der Waals surface area contributed by atoms with Crippen LogP contribution in [0.15, 0.2) is 29.6 Å². The van der Waals surface area contributed by atoms with Gasteiger partial charge >= 0.3 is 5.97 Å². The molecule has 1 aromatic heterocycles. The van der Waals surface area contributed by atoms with Crippen molar-refractivity contribution >= 4 is 28.2 Å². The number of carboxylic acid groups (broad SMARTS) is 1. The third kappa shape index (κ3) is 3.32. The maximum Gasteiger partial charge on any atom is 0.338 e. The van der Waals surface area contributed by atoms with Gasteiger partial charge in [0, 0.05) is 11.6 Å². The molecule has 0 radical (unpaired) electrons. The summed E-state index contributed by atoms with van der Waals surface area (Å²) in [5.41, 5.74) is 0.374. The number of rotatable bonds is 5. The standard InChI is InChI=1S/C14H13NO5S/c1-19-9-5-8(6-10(7-9)20-2)12(16)15-13-11(14(17)18)3-4-21-13/h3-7H,1-2H3,(H,15,16)(H,17,18). The quantitative estimate of drug-likeness (QED) is 0.887. The van der Waals surface area contributed by atoms with Gasteiger partial charge in [-0.3, -0.25) is 4.79 Å². The molecule has 2 aromatic rings. The number of carbonyl (C=O) groups is 2. The average molecular weight is 307 g/mol. The van der Waals surface area contributed by atoms with Crippen LogP contribution in [0.1, 0.15) is 20.7 Å². The van der Waals surface area contributed by atoms with Crippen molar-refractivity contribution in [3.63, 3.8) is 0 Å². The van der Waals surface area contributed by atoms with Gasteiger partial charge in [-0.05, 0) is 23.6 Å². The molecule has 0 aliphatic heterocycles. The van der Waals surface area contributed by atoms with Gasteiger partial charge in [0.15, 0.2) is 0 Å². The Kier molecular flexibility index (Phi) is 4.44. The summed E-state index contributed by atoms with van der Waals surface area (Å²) in [7, 11) is 2.97. The summed E-state index contributed by atoms with van der Waals surface area (Å²) in [4.78, 5) is 23.2. The molecule has 21 heavy (non-hydrogen) atoms. The highest BCUT2D eigenvalue weighted by Crippen LogP contribution is 2.26. The van der Waals surface area contributed by atoms with E-state index >= 15 is 0 Å². The average Bonchev–Trinajstić information content (AvgIpc) is 2.94. The number of carbonyl (C=O) groups excluding carboxylic acids is 1. The van der Waals surface area contributed by atoms with E-state index in [4.69, 9.17) is 14.6 Å². The molecule has 1 amide bonds. The zero-order chi connectivity index (χ0) is 15.4. The van der Waals surface area contributed by atoms with Crippen molar-refractivity contribution in [2.45, 2.75) is 0 Å². The Hall–Kier alpha value is -2.54. The van der Waals surface area contributed by atoms with E-state index in [1.165, 1.54) is 20.3 Å². The van der Waals surface area contributed by atoms with Crippen molar-refractivity contribution < 1.29 is 24.2 Å². The number of carboxylic acids is 1. The highest BCUT2D eigenvalue weighted by molar-refractivity contribution is 7.14. The van der Waals surface area contributed by atoms with E-state index in [0.717, 1.165) is 11.3 Å². The van der Waals surface area contributed by atoms with Crippen molar-refractivity contribution in [1.82, 2.24) is 0 Å². The van der Waals surface area contributed by atoms with Crippen molar-refractivity contribution in [2.24, 2.45) is 0 Å². The number of hydrogen-bond acceptors (Lipinski definition) is 5. The fourth-order valence-electron chi connectivity index (χ4n) is 1.69. The summed E-state index contributed by atoms with van der Waals surface area (Å²) in [5, 5.41) is 13.5. The molecular formula is C14H13NO5S. The van der Waals surface area contributed by atoms with Gasteiger partial charge in [0.2, 0.25) is 0 Å². The van der Waals surface area contributed by atoms with Crippen LogP contribution < -0.4 is 14.8 Å². The van der Waals surface area contributed by atoms with Gasteiger partial charge in [0.25, 0.3) is 5.91 Å². The zero-order valence-electron chi connectivity index (χ0n) is 11.4. The van der Waals surface area contributed by atoms with Crippen molar-refractivity contribution in [3.8, 4) is 11.5 Å². The lowest BCUT2D eigenvalue weighted by Gasteiger charge is -2.09. The van der Waals surface area contributed by atoms with Crippen molar-refractivity contribution in [1.29, 1.82) is 0 Å². The Morgan fingerprint density at radius 1 is 1.14 bits per heavy atom. The molecule has 0 saturated heterocycles. The Bertz CT molecular complexity index is 658. The van der Waals surface area contributed by atoms with Gasteiger partial charge < -0.3 is 19.9 Å². The molecule has 0 aliphatic carbocycles. The minimum absolute atomic E-state index is 0.0585. The highest BCUT2D eigenvalue weighted by atomic mass is 32.1. The van der Waals surface area contributed by atoms with Crippen LogP contribution in [0.3, 0.4) is 0 Å². The molecule has 2 rings (SSSR count). The number of aromatic carboxylic acids is 1. The van der Waals surface area contributed by atoms with Crippen LogP contribution in [0, 0.1) is 0 Å². The SMILES string of the molecule is COc1cc(OC)cc(C(=O)Nc2sccc2C(=O)O)c1. The van der Waals surface area contributed by atoms with E-state index in [-0.39, 0.29) is 10.6 Å². The highest BCUT2D eigenvalue weighted by Gasteiger charge is 2.16. The Labute approximate surface area is 124 Å². The molecule has 1 heterocycles. The minimum atomic E-state index is -1.09. The molecule has 7 heteroatoms. The summed E-state index contributed by atoms with van der Waals surface area (Å²) < 4.78 is 10.2. The second kappa shape index (κ2) is 6.27. The molecule has 0 spiro atoms. The summed E-state index contributed by atoms with van der Waals surface area (Å²) in [6.07, 6.45) is 0. The van der Waals surface area contributed by atoms with Gasteiger partial charge in [-0.15, -0.1) is 11.3 Å². The van der Waals surface area contributed by atoms with Crippen molar-refractivity contribution in [2.75, 3.05) is 19.5 Å². The fourth-order valence-corrected chi connectivity index (χ4v) is 2.46. The lowest BCUT2D eigenvalue weighted by Crippen LogP contribution is -2.13. The number of nitrogens with one attached hydrogen (secondary N) is 1. The van der Waals surface area contributed by atoms with Crippen LogP contribution in [0.4, 0.5) is 5.00 Å². The van der Waals surface area contributed by atoms with Gasteiger partial charge in [0.05, 0.1) is 19.8 Å². The third-order valence-corrected chi connectivity index (χ3v) is 3.57. The second-order valence-corrected chi connectivity index (χ2v) is 4.94. The van der Waals surface area contributed by atoms with E-state index in [0.29, 0.717) is 17.1 Å². The van der Waals surface area contributed by atoms with E-state index in [1.54, 1.807) is 23.6 Å². The molecule has 0 saturated carbocycles. The maximum absolute atomic E-state index is 12.2. The molecule has 0 bridgehead atoms. The largest absolute Gasteiger partial charge is 0.497 e. The first-order valence-corrected chi connectivity index (χ1v) is 6.78. The number of hydrogen-bond donors (Lipinski definition) is 2. The topological polar surface area (TPSA) is 84.9 Å². The third-order valence-electron chi connectivity index (χ3n) is 2.74. The molecule has 6 nitrogen and oxygen atoms in total. The molecule has 0 fully saturated rings. The molecular weight excluding hydrogens is 294 g/mol. The maximum atomic E-state index is 12.2. The predicted octanol–water partition coefficient (Wildman–Crippen LogP) is 2.72. The first-order chi connectivity index (χ1) is 10.0. The predicted molar refractivity (Wildman–Crippen MR) is 78.8 cm³/mol. The zero-order valence-corrected chi connectivity index (χ0v) is 12.2. The summed E-state index contributed by atoms with van der Waals surface area (Å²) in [6.45, 7) is 0. The van der Waals surface area contributed by atoms with E-state index in [2.05, 4.69) is 5.32 Å². The Balaban J connectivity index is 2.28. The minimum Gasteiger partial charge on any atom is -0.497 e. The summed E-state index contributed by atoms with van der Waals surface area (Å²) in [6, 6.07) is 6.18. The molecule has 1 aromatic carbocycles. The summed E-state index contributed by atoms with van der Waals surface area (Å²) >= 11 is 1.15. The monoisotopic (exact) mass is 307 g/mol. The lowest BCUT2D eigenvalue weighted by atomic mass is 10.2. The molecule has 2 N–H and O–H groups in total. The second-order valence-electron chi connectivity index (χ2n) is 4.02. The van der Waals surface area contributed by atoms with Crippen LogP contribution in [0.25, 0.3) is 0 Å². The van der Waals surface area contributed by atoms with E-state index in [1.807, 2.05) is 0 Å². The summed E-state index contributed by atoms with van der Waals surface area (Å²) in [5.74, 6) is -0.569. The molecule has 110 valence electrons. The normalized spacial score (nSPS) is 10.0. The number of ether oxygens (including phenoxy) is 2. The number of benzene rings is 1. The Morgan fingerprint density at radius 3 is 2.29 bits per heavy atom. The number of amides is 1. The fraction of sp³-hybridized carbons (Fsp3) is 0.143. The smallest absolute Gasteiger partial charge is 0.338 e. The van der Waals surface area contributed by atoms with Gasteiger partial charge in [-0.2, -0.15) is 0 Å². The lowest BCUT2D eigenvalue weighted by molar-refractivity contribution is 0.0698. The number of thiophene rings is 1. The van der Waals surface area contributed by atoms with Crippen LogP contribution in [-0.2, 0) is 0 Å². The van der Waals surface area contributed by atoms with Crippen molar-refractivity contribution in [3.05, 3.63) is 40.8 Å². The molecule has 0 aliphatic rings. The Morgan fingerprint density at radius 2 is 1.76 bits per heavy atom. The van der Waals surface area contributed by atoms with Crippen LogP contribution in [-0.4, -0.2) is 31.2 Å². The van der Waals surface area contributed by atoms with Gasteiger partial charge in [0.1, 0.15) is 16.5 Å². The first-order valence-electron chi connectivity index (χ1n) is 5.90. The number of methoxy groups -OCH3 is 2. The van der Waals surface area contributed by atoms with Crippen LogP contribution in [0.2, 0.25) is 0 Å². The van der Waals surface area contributed by atoms with Gasteiger partial charge in [-0.1, -0.05) is 0 Å². The van der Waals surface area contributed by atoms with E-state index < -0.39 is 11.9 Å². The molecule has 0 atom stereocenters. The molecule has 0 unspecified atom stereocenters.